The minimum absolute atomic E-state index is 0.0599. The van der Waals surface area contributed by atoms with Crippen LogP contribution in [0.15, 0.2) is 42.5 Å². The van der Waals surface area contributed by atoms with Crippen LogP contribution in [0.1, 0.15) is 11.6 Å². The first-order chi connectivity index (χ1) is 7.72. The molecule has 0 bridgehead atoms. The molecule has 1 unspecified atom stereocenters. The van der Waals surface area contributed by atoms with E-state index in [0.29, 0.717) is 0 Å². The summed E-state index contributed by atoms with van der Waals surface area (Å²) >= 11 is 0. The third-order valence-electron chi connectivity index (χ3n) is 2.74. The van der Waals surface area contributed by atoms with E-state index in [1.165, 1.54) is 5.39 Å². The minimum Gasteiger partial charge on any atom is -0.354 e. The lowest BCUT2D eigenvalue weighted by Gasteiger charge is -2.08. The lowest BCUT2D eigenvalue weighted by atomic mass is 10.0. The summed E-state index contributed by atoms with van der Waals surface area (Å²) in [5.41, 5.74) is 4.82. The monoisotopic (exact) mass is 215 g/mol. The molecule has 3 nitrogen and oxygen atoms in total. The van der Waals surface area contributed by atoms with Crippen molar-refractivity contribution in [1.82, 2.24) is 5.32 Å². The molecule has 16 heavy (non-hydrogen) atoms. The Hall–Kier alpha value is -1.87. The number of amides is 1. The number of rotatable bonds is 2. The molecule has 0 saturated heterocycles. The summed E-state index contributed by atoms with van der Waals surface area (Å²) < 4.78 is 0. The fourth-order valence-corrected chi connectivity index (χ4v) is 1.75. The minimum atomic E-state index is -0.352. The van der Waals surface area contributed by atoms with E-state index in [1.807, 2.05) is 36.4 Å². The molecule has 4 N–H and O–H groups in total. The van der Waals surface area contributed by atoms with Gasteiger partial charge in [0, 0.05) is 12.6 Å². The van der Waals surface area contributed by atoms with E-state index >= 15 is 0 Å². The van der Waals surface area contributed by atoms with Crippen molar-refractivity contribution in [2.45, 2.75) is 6.04 Å². The Morgan fingerprint density at radius 2 is 1.88 bits per heavy atom. The third-order valence-corrected chi connectivity index (χ3v) is 2.74. The third kappa shape index (κ3) is 1.90. The molecule has 0 aliphatic heterocycles. The zero-order chi connectivity index (χ0) is 11.5. The number of quaternary nitrogens is 1. The van der Waals surface area contributed by atoms with Crippen LogP contribution in [0.4, 0.5) is 0 Å². The quantitative estimate of drug-likeness (QED) is 0.767. The van der Waals surface area contributed by atoms with E-state index in [4.69, 9.17) is 0 Å². The number of carbonyl (C=O) groups excluding carboxylic acids is 1. The zero-order valence-electron chi connectivity index (χ0n) is 9.23. The van der Waals surface area contributed by atoms with Gasteiger partial charge < -0.3 is 11.1 Å². The van der Waals surface area contributed by atoms with Crippen LogP contribution in [0, 0.1) is 0 Å². The molecule has 0 spiro atoms. The molecular weight excluding hydrogens is 200 g/mol. The Balaban J connectivity index is 2.43. The van der Waals surface area contributed by atoms with Gasteiger partial charge in [0.25, 0.3) is 5.91 Å². The van der Waals surface area contributed by atoms with Crippen molar-refractivity contribution in [3.05, 3.63) is 48.0 Å². The molecular formula is C13H15N2O+. The number of nitrogens with one attached hydrogen (secondary N) is 1. The lowest BCUT2D eigenvalue weighted by molar-refractivity contribution is -0.409. The molecule has 0 aliphatic carbocycles. The average Bonchev–Trinajstić information content (AvgIpc) is 2.36. The second-order valence-electron chi connectivity index (χ2n) is 3.77. The van der Waals surface area contributed by atoms with Crippen LogP contribution in [0.25, 0.3) is 10.8 Å². The molecule has 82 valence electrons. The van der Waals surface area contributed by atoms with Crippen molar-refractivity contribution in [3.63, 3.8) is 0 Å². The molecule has 0 fully saturated rings. The first kappa shape index (κ1) is 10.6. The smallest absolute Gasteiger partial charge is 0.282 e. The molecule has 0 radical (unpaired) electrons. The highest BCUT2D eigenvalue weighted by Crippen LogP contribution is 2.18. The highest BCUT2D eigenvalue weighted by molar-refractivity contribution is 5.86. The molecule has 0 aromatic heterocycles. The summed E-state index contributed by atoms with van der Waals surface area (Å²) in [6.07, 6.45) is 0. The number of benzene rings is 2. The molecule has 0 heterocycles. The van der Waals surface area contributed by atoms with Gasteiger partial charge in [-0.25, -0.2) is 0 Å². The summed E-state index contributed by atoms with van der Waals surface area (Å²) in [5, 5.41) is 4.92. The van der Waals surface area contributed by atoms with Gasteiger partial charge in [0.05, 0.1) is 0 Å². The maximum absolute atomic E-state index is 11.5. The van der Waals surface area contributed by atoms with Crippen LogP contribution >= 0.6 is 0 Å². The van der Waals surface area contributed by atoms with Crippen molar-refractivity contribution in [3.8, 4) is 0 Å². The fourth-order valence-electron chi connectivity index (χ4n) is 1.75. The van der Waals surface area contributed by atoms with Crippen LogP contribution < -0.4 is 11.1 Å². The summed E-state index contributed by atoms with van der Waals surface area (Å²) in [6, 6.07) is 13.7. The van der Waals surface area contributed by atoms with Crippen LogP contribution in [0.2, 0.25) is 0 Å². The molecule has 3 heteroatoms. The van der Waals surface area contributed by atoms with Crippen molar-refractivity contribution >= 4 is 16.7 Å². The summed E-state index contributed by atoms with van der Waals surface area (Å²) in [6.45, 7) is 0. The highest BCUT2D eigenvalue weighted by Gasteiger charge is 2.17. The van der Waals surface area contributed by atoms with Gasteiger partial charge in [0.2, 0.25) is 0 Å². The van der Waals surface area contributed by atoms with Gasteiger partial charge in [0.1, 0.15) is 0 Å². The molecule has 0 saturated carbocycles. The van der Waals surface area contributed by atoms with E-state index in [1.54, 1.807) is 7.05 Å². The first-order valence-corrected chi connectivity index (χ1v) is 5.26. The van der Waals surface area contributed by atoms with E-state index < -0.39 is 0 Å². The Labute approximate surface area is 94.3 Å². The molecule has 1 atom stereocenters. The second-order valence-corrected chi connectivity index (χ2v) is 3.77. The van der Waals surface area contributed by atoms with Crippen LogP contribution in [-0.4, -0.2) is 13.0 Å². The van der Waals surface area contributed by atoms with Gasteiger partial charge in [0.15, 0.2) is 6.04 Å². The van der Waals surface area contributed by atoms with Crippen molar-refractivity contribution in [2.75, 3.05) is 7.05 Å². The van der Waals surface area contributed by atoms with Crippen LogP contribution in [0.3, 0.4) is 0 Å². The van der Waals surface area contributed by atoms with Crippen LogP contribution in [0.5, 0.6) is 0 Å². The number of likely N-dealkylation sites (N-methyl/N-ethyl adjacent to an activating group) is 1. The standard InChI is InChI=1S/C13H14N2O/c1-15-13(16)12(14)11-7-6-9-4-2-3-5-10(9)8-11/h2-8,12H,14H2,1H3,(H,15,16)/p+1. The number of carbonyl (C=O) groups is 1. The summed E-state index contributed by atoms with van der Waals surface area (Å²) in [5.74, 6) is -0.0599. The predicted octanol–water partition coefficient (Wildman–Crippen LogP) is 0.869. The zero-order valence-corrected chi connectivity index (χ0v) is 9.23. The molecule has 2 aromatic rings. The van der Waals surface area contributed by atoms with Crippen molar-refractivity contribution in [1.29, 1.82) is 0 Å². The van der Waals surface area contributed by atoms with E-state index in [9.17, 15) is 4.79 Å². The van der Waals surface area contributed by atoms with Gasteiger partial charge in [-0.05, 0) is 16.8 Å². The summed E-state index contributed by atoms with van der Waals surface area (Å²) in [4.78, 5) is 11.5. The Kier molecular flexibility index (Phi) is 2.88. The maximum atomic E-state index is 11.5. The Morgan fingerprint density at radius 3 is 2.56 bits per heavy atom. The predicted molar refractivity (Wildman–Crippen MR) is 63.6 cm³/mol. The summed E-state index contributed by atoms with van der Waals surface area (Å²) in [7, 11) is 1.63. The fraction of sp³-hybridized carbons (Fsp3) is 0.154. The van der Waals surface area contributed by atoms with Crippen LogP contribution in [-0.2, 0) is 4.79 Å². The van der Waals surface area contributed by atoms with E-state index in [2.05, 4.69) is 17.1 Å². The van der Waals surface area contributed by atoms with Gasteiger partial charge in [-0.15, -0.1) is 0 Å². The normalized spacial score (nSPS) is 12.4. The lowest BCUT2D eigenvalue weighted by Crippen LogP contribution is -2.59. The average molecular weight is 215 g/mol. The van der Waals surface area contributed by atoms with E-state index in [-0.39, 0.29) is 11.9 Å². The van der Waals surface area contributed by atoms with Gasteiger partial charge >= 0.3 is 0 Å². The maximum Gasteiger partial charge on any atom is 0.282 e. The van der Waals surface area contributed by atoms with Crippen molar-refractivity contribution < 1.29 is 10.5 Å². The highest BCUT2D eigenvalue weighted by atomic mass is 16.2. The van der Waals surface area contributed by atoms with Gasteiger partial charge in [-0.3, -0.25) is 4.79 Å². The number of fused-ring (bicyclic) bond motifs is 1. The molecule has 2 aromatic carbocycles. The Bertz CT molecular complexity index is 522. The topological polar surface area (TPSA) is 56.7 Å². The molecule has 2 rings (SSSR count). The van der Waals surface area contributed by atoms with Gasteiger partial charge in [-0.2, -0.15) is 0 Å². The second kappa shape index (κ2) is 4.33. The molecule has 0 aliphatic rings. The SMILES string of the molecule is CNC(=O)C([NH3+])c1ccc2ccccc2c1. The van der Waals surface area contributed by atoms with E-state index in [0.717, 1.165) is 10.9 Å². The first-order valence-electron chi connectivity index (χ1n) is 5.26. The number of hydrogen-bond donors (Lipinski definition) is 2. The van der Waals surface area contributed by atoms with Crippen molar-refractivity contribution in [2.24, 2.45) is 0 Å². The van der Waals surface area contributed by atoms with Gasteiger partial charge in [-0.1, -0.05) is 36.4 Å². The number of hydrogen-bond acceptors (Lipinski definition) is 1. The molecule has 1 amide bonds. The largest absolute Gasteiger partial charge is 0.354 e. The Morgan fingerprint density at radius 1 is 1.19 bits per heavy atom.